The van der Waals surface area contributed by atoms with Crippen LogP contribution in [0.2, 0.25) is 0 Å². The molecule has 1 aromatic heterocycles. The predicted molar refractivity (Wildman–Crippen MR) is 112 cm³/mol. The van der Waals surface area contributed by atoms with Gasteiger partial charge in [0.1, 0.15) is 6.61 Å². The van der Waals surface area contributed by atoms with Crippen molar-refractivity contribution in [2.24, 2.45) is 5.16 Å². The van der Waals surface area contributed by atoms with E-state index in [1.54, 1.807) is 12.5 Å². The number of nitrogens with zero attached hydrogens (tertiary/aromatic N) is 1. The van der Waals surface area contributed by atoms with Gasteiger partial charge in [-0.1, -0.05) is 53.7 Å². The molecule has 3 aromatic rings. The molecule has 0 spiro atoms. The number of carboxylic acid groups (broad SMARTS) is 1. The number of hydrogen-bond acceptors (Lipinski definition) is 5. The molecule has 2 aromatic carbocycles. The molecular formula is C23H24N2O4. The Hall–Kier alpha value is -3.38. The predicted octanol–water partition coefficient (Wildman–Crippen LogP) is 4.45. The van der Waals surface area contributed by atoms with E-state index >= 15 is 0 Å². The Morgan fingerprint density at radius 3 is 2.41 bits per heavy atom. The molecule has 6 nitrogen and oxygen atoms in total. The van der Waals surface area contributed by atoms with Crippen LogP contribution in [0, 0.1) is 0 Å². The van der Waals surface area contributed by atoms with E-state index in [0.29, 0.717) is 19.7 Å². The maximum atomic E-state index is 10.5. The average Bonchev–Trinajstić information content (AvgIpc) is 3.27. The first kappa shape index (κ1) is 20.4. The Morgan fingerprint density at radius 2 is 1.76 bits per heavy atom. The van der Waals surface area contributed by atoms with Gasteiger partial charge >= 0.3 is 5.97 Å². The first-order valence-corrected chi connectivity index (χ1v) is 9.42. The van der Waals surface area contributed by atoms with Crippen molar-refractivity contribution in [1.29, 1.82) is 0 Å². The summed E-state index contributed by atoms with van der Waals surface area (Å²) in [7, 11) is 0. The summed E-state index contributed by atoms with van der Waals surface area (Å²) in [6, 6.07) is 18.0. The lowest BCUT2D eigenvalue weighted by Crippen LogP contribution is -2.17. The van der Waals surface area contributed by atoms with Crippen LogP contribution in [-0.4, -0.2) is 23.3 Å². The van der Waals surface area contributed by atoms with E-state index in [-0.39, 0.29) is 6.42 Å². The Morgan fingerprint density at radius 1 is 1.03 bits per heavy atom. The Balaban J connectivity index is 1.47. The second-order valence-electron chi connectivity index (χ2n) is 6.68. The van der Waals surface area contributed by atoms with E-state index in [1.165, 1.54) is 0 Å². The van der Waals surface area contributed by atoms with Crippen molar-refractivity contribution in [3.05, 3.63) is 83.8 Å². The summed E-state index contributed by atoms with van der Waals surface area (Å²) in [5, 5.41) is 15.9. The largest absolute Gasteiger partial charge is 0.481 e. The number of aliphatic carboxylic acids is 1. The summed E-state index contributed by atoms with van der Waals surface area (Å²) in [4.78, 5) is 16.0. The molecule has 0 radical (unpaired) electrons. The van der Waals surface area contributed by atoms with E-state index in [0.717, 1.165) is 33.5 Å². The van der Waals surface area contributed by atoms with Crippen LogP contribution in [0.3, 0.4) is 0 Å². The minimum atomic E-state index is -0.798. The zero-order chi connectivity index (χ0) is 20.5. The molecular weight excluding hydrogens is 368 g/mol. The molecule has 150 valence electrons. The van der Waals surface area contributed by atoms with Crippen molar-refractivity contribution in [1.82, 2.24) is 5.32 Å². The topological polar surface area (TPSA) is 84.1 Å². The lowest BCUT2D eigenvalue weighted by atomic mass is 10.1. The van der Waals surface area contributed by atoms with Crippen molar-refractivity contribution in [3.8, 4) is 11.1 Å². The molecule has 1 heterocycles. The number of hydrogen-bond donors (Lipinski definition) is 2. The lowest BCUT2D eigenvalue weighted by Gasteiger charge is -2.06. The summed E-state index contributed by atoms with van der Waals surface area (Å²) in [5.41, 5.74) is 6.05. The van der Waals surface area contributed by atoms with E-state index in [1.807, 2.05) is 61.5 Å². The third-order valence-electron chi connectivity index (χ3n) is 4.46. The zero-order valence-electron chi connectivity index (χ0n) is 16.3. The number of benzene rings is 2. The van der Waals surface area contributed by atoms with Crippen LogP contribution in [0.4, 0.5) is 0 Å². The zero-order valence-corrected chi connectivity index (χ0v) is 16.3. The van der Waals surface area contributed by atoms with Gasteiger partial charge < -0.3 is 19.7 Å². The van der Waals surface area contributed by atoms with Gasteiger partial charge in [-0.25, -0.2) is 0 Å². The van der Waals surface area contributed by atoms with Crippen LogP contribution in [0.5, 0.6) is 0 Å². The van der Waals surface area contributed by atoms with Crippen molar-refractivity contribution >= 4 is 11.7 Å². The molecule has 0 aliphatic heterocycles. The molecule has 3 rings (SSSR count). The molecule has 0 saturated heterocycles. The highest BCUT2D eigenvalue weighted by atomic mass is 16.6. The normalized spacial score (nSPS) is 11.4. The molecule has 0 amide bonds. The number of carbonyl (C=O) groups is 1. The second kappa shape index (κ2) is 10.2. The Kier molecular flexibility index (Phi) is 7.19. The summed E-state index contributed by atoms with van der Waals surface area (Å²) < 4.78 is 5.11. The molecule has 0 unspecified atom stereocenters. The number of oxime groups is 1. The van der Waals surface area contributed by atoms with Crippen molar-refractivity contribution in [2.75, 3.05) is 6.54 Å². The minimum Gasteiger partial charge on any atom is -0.481 e. The standard InChI is InChI=1S/C23H24N2O4/c1-17(20-6-2-18(3-7-20)14-24-12-10-23(26)27)25-29-15-19-4-8-21(9-5-19)22-11-13-28-16-22/h2-9,11,13,16,24H,10,12,14-15H2,1H3,(H,26,27). The van der Waals surface area contributed by atoms with Gasteiger partial charge in [-0.3, -0.25) is 4.79 Å². The first-order valence-electron chi connectivity index (χ1n) is 9.42. The van der Waals surface area contributed by atoms with Crippen LogP contribution in [0.1, 0.15) is 30.0 Å². The molecule has 0 aliphatic carbocycles. The average molecular weight is 392 g/mol. The summed E-state index contributed by atoms with van der Waals surface area (Å²) >= 11 is 0. The highest BCUT2D eigenvalue weighted by Crippen LogP contribution is 2.20. The van der Waals surface area contributed by atoms with E-state index in [4.69, 9.17) is 14.4 Å². The summed E-state index contributed by atoms with van der Waals surface area (Å²) in [5.74, 6) is -0.798. The van der Waals surface area contributed by atoms with Gasteiger partial charge in [0.05, 0.1) is 24.7 Å². The fraction of sp³-hybridized carbons (Fsp3) is 0.217. The Labute approximate surface area is 169 Å². The quantitative estimate of drug-likeness (QED) is 0.302. The van der Waals surface area contributed by atoms with Gasteiger partial charge in [0, 0.05) is 18.7 Å². The molecule has 0 aliphatic rings. The molecule has 29 heavy (non-hydrogen) atoms. The second-order valence-corrected chi connectivity index (χ2v) is 6.68. The smallest absolute Gasteiger partial charge is 0.304 e. The van der Waals surface area contributed by atoms with Crippen LogP contribution in [0.15, 0.2) is 76.7 Å². The fourth-order valence-electron chi connectivity index (χ4n) is 2.77. The molecule has 0 saturated carbocycles. The van der Waals surface area contributed by atoms with Crippen LogP contribution in [0.25, 0.3) is 11.1 Å². The SMILES string of the molecule is CC(=NOCc1ccc(-c2ccoc2)cc1)c1ccc(CNCCC(=O)O)cc1. The van der Waals surface area contributed by atoms with Gasteiger partial charge in [0.2, 0.25) is 0 Å². The highest BCUT2D eigenvalue weighted by Gasteiger charge is 2.02. The monoisotopic (exact) mass is 392 g/mol. The maximum absolute atomic E-state index is 10.5. The molecule has 6 heteroatoms. The van der Waals surface area contributed by atoms with Gasteiger partial charge in [-0.05, 0) is 35.2 Å². The lowest BCUT2D eigenvalue weighted by molar-refractivity contribution is -0.136. The fourth-order valence-corrected chi connectivity index (χ4v) is 2.77. The van der Waals surface area contributed by atoms with Crippen LogP contribution >= 0.6 is 0 Å². The van der Waals surface area contributed by atoms with Crippen molar-refractivity contribution in [2.45, 2.75) is 26.5 Å². The van der Waals surface area contributed by atoms with Gasteiger partial charge in [-0.15, -0.1) is 0 Å². The van der Waals surface area contributed by atoms with Crippen LogP contribution < -0.4 is 5.32 Å². The van der Waals surface area contributed by atoms with E-state index in [2.05, 4.69) is 10.5 Å². The molecule has 2 N–H and O–H groups in total. The third kappa shape index (κ3) is 6.33. The number of furan rings is 1. The summed E-state index contributed by atoms with van der Waals surface area (Å²) in [6.07, 6.45) is 3.50. The summed E-state index contributed by atoms with van der Waals surface area (Å²) in [6.45, 7) is 3.39. The van der Waals surface area contributed by atoms with Gasteiger partial charge in [0.15, 0.2) is 0 Å². The van der Waals surface area contributed by atoms with E-state index < -0.39 is 5.97 Å². The third-order valence-corrected chi connectivity index (χ3v) is 4.46. The first-order chi connectivity index (χ1) is 14.1. The molecule has 0 bridgehead atoms. The highest BCUT2D eigenvalue weighted by molar-refractivity contribution is 5.98. The maximum Gasteiger partial charge on any atom is 0.304 e. The van der Waals surface area contributed by atoms with Crippen molar-refractivity contribution in [3.63, 3.8) is 0 Å². The van der Waals surface area contributed by atoms with Gasteiger partial charge in [-0.2, -0.15) is 0 Å². The molecule has 0 fully saturated rings. The number of carboxylic acids is 1. The minimum absolute atomic E-state index is 0.118. The van der Waals surface area contributed by atoms with Gasteiger partial charge in [0.25, 0.3) is 0 Å². The Bertz CT molecular complexity index is 930. The number of rotatable bonds is 10. The number of nitrogens with one attached hydrogen (secondary N) is 1. The molecule has 0 atom stereocenters. The van der Waals surface area contributed by atoms with E-state index in [9.17, 15) is 4.79 Å². The van der Waals surface area contributed by atoms with Crippen molar-refractivity contribution < 1.29 is 19.2 Å². The van der Waals surface area contributed by atoms with Crippen LogP contribution in [-0.2, 0) is 22.8 Å².